The quantitative estimate of drug-likeness (QED) is 0.827. The van der Waals surface area contributed by atoms with E-state index >= 15 is 0 Å². The Morgan fingerprint density at radius 2 is 2.25 bits per heavy atom. The Kier molecular flexibility index (Phi) is 2.81. The summed E-state index contributed by atoms with van der Waals surface area (Å²) in [6.07, 6.45) is 0.859. The van der Waals surface area contributed by atoms with Gasteiger partial charge in [0.25, 0.3) is 0 Å². The smallest absolute Gasteiger partial charge is 0.408 e. The predicted molar refractivity (Wildman–Crippen MR) is 71.2 cm³/mol. The lowest BCUT2D eigenvalue weighted by Crippen LogP contribution is -2.37. The molecule has 1 aliphatic rings. The maximum Gasteiger partial charge on any atom is 0.419 e. The third-order valence-corrected chi connectivity index (χ3v) is 3.37. The van der Waals surface area contributed by atoms with E-state index < -0.39 is 11.8 Å². The largest absolute Gasteiger partial charge is 0.419 e. The van der Waals surface area contributed by atoms with Gasteiger partial charge in [-0.25, -0.2) is 4.79 Å². The molecule has 7 heteroatoms. The molecule has 2 aromatic rings. The summed E-state index contributed by atoms with van der Waals surface area (Å²) >= 11 is 0. The minimum Gasteiger partial charge on any atom is -0.408 e. The number of anilines is 1. The van der Waals surface area contributed by atoms with Crippen molar-refractivity contribution in [3.63, 3.8) is 0 Å². The molecular weight excluding hydrogens is 262 g/mol. The lowest BCUT2D eigenvalue weighted by atomic mass is 10.2. The Morgan fingerprint density at radius 1 is 1.45 bits per heavy atom. The van der Waals surface area contributed by atoms with Crippen LogP contribution >= 0.6 is 0 Å². The van der Waals surface area contributed by atoms with Gasteiger partial charge in [-0.1, -0.05) is 0 Å². The Balaban J connectivity index is 1.82. The van der Waals surface area contributed by atoms with Gasteiger partial charge in [-0.15, -0.1) is 0 Å². The normalized spacial score (nSPS) is 18.2. The number of aromatic nitrogens is 1. The fraction of sp³-hybridized carbons (Fsp3) is 0.308. The van der Waals surface area contributed by atoms with Crippen LogP contribution in [0, 0.1) is 0 Å². The zero-order chi connectivity index (χ0) is 14.3. The van der Waals surface area contributed by atoms with Crippen LogP contribution in [-0.4, -0.2) is 22.4 Å². The highest BCUT2D eigenvalue weighted by Crippen LogP contribution is 2.18. The average molecular weight is 275 g/mol. The molecule has 0 saturated carbocycles. The van der Waals surface area contributed by atoms with E-state index in [2.05, 4.69) is 10.6 Å². The predicted octanol–water partition coefficient (Wildman–Crippen LogP) is 0.349. The highest BCUT2D eigenvalue weighted by Gasteiger charge is 2.27. The van der Waals surface area contributed by atoms with E-state index in [1.165, 1.54) is 4.57 Å². The van der Waals surface area contributed by atoms with E-state index in [1.54, 1.807) is 25.2 Å². The molecule has 3 rings (SSSR count). The molecule has 1 aromatic carbocycles. The SMILES string of the molecule is Cn1c(=O)oc2cc(NC(=O)C3CCC(=O)N3)ccc21. The van der Waals surface area contributed by atoms with Gasteiger partial charge in [-0.05, 0) is 18.6 Å². The molecule has 0 aliphatic carbocycles. The lowest BCUT2D eigenvalue weighted by Gasteiger charge is -2.10. The van der Waals surface area contributed by atoms with Gasteiger partial charge in [0.2, 0.25) is 11.8 Å². The summed E-state index contributed by atoms with van der Waals surface area (Å²) in [5.41, 5.74) is 1.59. The van der Waals surface area contributed by atoms with Gasteiger partial charge >= 0.3 is 5.76 Å². The van der Waals surface area contributed by atoms with Crippen LogP contribution in [-0.2, 0) is 16.6 Å². The monoisotopic (exact) mass is 275 g/mol. The topological polar surface area (TPSA) is 93.3 Å². The first kappa shape index (κ1) is 12.5. The summed E-state index contributed by atoms with van der Waals surface area (Å²) in [5.74, 6) is -0.838. The lowest BCUT2D eigenvalue weighted by molar-refractivity contribution is -0.122. The van der Waals surface area contributed by atoms with Crippen LogP contribution in [0.1, 0.15) is 12.8 Å². The Bertz CT molecular complexity index is 759. The van der Waals surface area contributed by atoms with Crippen LogP contribution in [0.25, 0.3) is 11.1 Å². The van der Waals surface area contributed by atoms with E-state index in [4.69, 9.17) is 4.42 Å². The number of aryl methyl sites for hydroxylation is 1. The van der Waals surface area contributed by atoms with Gasteiger partial charge in [-0.2, -0.15) is 0 Å². The van der Waals surface area contributed by atoms with Gasteiger partial charge < -0.3 is 15.1 Å². The summed E-state index contributed by atoms with van der Waals surface area (Å²) in [6, 6.07) is 4.47. The molecule has 1 aliphatic heterocycles. The van der Waals surface area contributed by atoms with E-state index in [9.17, 15) is 14.4 Å². The molecule has 0 spiro atoms. The van der Waals surface area contributed by atoms with Crippen LogP contribution in [0.3, 0.4) is 0 Å². The molecule has 0 bridgehead atoms. The fourth-order valence-electron chi connectivity index (χ4n) is 2.25. The zero-order valence-electron chi connectivity index (χ0n) is 10.8. The number of benzene rings is 1. The minimum atomic E-state index is -0.499. The molecule has 104 valence electrons. The van der Waals surface area contributed by atoms with E-state index in [-0.39, 0.29) is 11.8 Å². The van der Waals surface area contributed by atoms with Crippen molar-refractivity contribution in [2.75, 3.05) is 5.32 Å². The molecule has 1 saturated heterocycles. The zero-order valence-corrected chi connectivity index (χ0v) is 10.8. The standard InChI is InChI=1S/C13H13N3O4/c1-16-9-4-2-7(6-10(9)20-13(16)19)14-12(18)8-3-5-11(17)15-8/h2,4,6,8H,3,5H2,1H3,(H,14,18)(H,15,17). The molecule has 7 nitrogen and oxygen atoms in total. The molecule has 2 heterocycles. The first-order valence-electron chi connectivity index (χ1n) is 6.24. The van der Waals surface area contributed by atoms with Crippen LogP contribution in [0.15, 0.2) is 27.4 Å². The highest BCUT2D eigenvalue weighted by molar-refractivity contribution is 5.99. The molecule has 1 unspecified atom stereocenters. The summed E-state index contributed by atoms with van der Waals surface area (Å²) in [4.78, 5) is 34.4. The van der Waals surface area contributed by atoms with Gasteiger partial charge in [0.1, 0.15) is 6.04 Å². The van der Waals surface area contributed by atoms with E-state index in [0.717, 1.165) is 0 Å². The second-order valence-corrected chi connectivity index (χ2v) is 4.76. The highest BCUT2D eigenvalue weighted by atomic mass is 16.4. The molecule has 1 aromatic heterocycles. The summed E-state index contributed by atoms with van der Waals surface area (Å²) in [7, 11) is 1.61. The fourth-order valence-corrected chi connectivity index (χ4v) is 2.25. The summed E-state index contributed by atoms with van der Waals surface area (Å²) < 4.78 is 6.44. The number of hydrogen-bond acceptors (Lipinski definition) is 4. The van der Waals surface area contributed by atoms with E-state index in [0.29, 0.717) is 29.6 Å². The maximum absolute atomic E-state index is 11.9. The van der Waals surface area contributed by atoms with Crippen molar-refractivity contribution in [2.24, 2.45) is 7.05 Å². The molecular formula is C13H13N3O4. The second kappa shape index (κ2) is 4.52. The maximum atomic E-state index is 11.9. The van der Waals surface area contributed by atoms with Crippen LogP contribution < -0.4 is 16.4 Å². The van der Waals surface area contributed by atoms with Gasteiger partial charge in [0.15, 0.2) is 5.58 Å². The van der Waals surface area contributed by atoms with Crippen LogP contribution in [0.5, 0.6) is 0 Å². The Morgan fingerprint density at radius 3 is 2.95 bits per heavy atom. The number of nitrogens with zero attached hydrogens (tertiary/aromatic N) is 1. The van der Waals surface area contributed by atoms with Gasteiger partial charge in [0, 0.05) is 25.2 Å². The first-order chi connectivity index (χ1) is 9.54. The van der Waals surface area contributed by atoms with Crippen molar-refractivity contribution in [3.05, 3.63) is 28.7 Å². The number of carbonyl (C=O) groups is 2. The number of hydrogen-bond donors (Lipinski definition) is 2. The van der Waals surface area contributed by atoms with Crippen molar-refractivity contribution in [1.82, 2.24) is 9.88 Å². The Labute approximate surface area is 113 Å². The van der Waals surface area contributed by atoms with Crippen molar-refractivity contribution < 1.29 is 14.0 Å². The minimum absolute atomic E-state index is 0.116. The summed E-state index contributed by atoms with van der Waals surface area (Å²) in [6.45, 7) is 0. The summed E-state index contributed by atoms with van der Waals surface area (Å²) in [5, 5.41) is 5.30. The van der Waals surface area contributed by atoms with Crippen molar-refractivity contribution in [2.45, 2.75) is 18.9 Å². The number of amides is 2. The van der Waals surface area contributed by atoms with E-state index in [1.807, 2.05) is 0 Å². The number of fused-ring (bicyclic) bond motifs is 1. The molecule has 20 heavy (non-hydrogen) atoms. The Hall–Kier alpha value is -2.57. The molecule has 1 fully saturated rings. The first-order valence-corrected chi connectivity index (χ1v) is 6.24. The molecule has 1 atom stereocenters. The molecule has 2 N–H and O–H groups in total. The van der Waals surface area contributed by atoms with Crippen molar-refractivity contribution in [1.29, 1.82) is 0 Å². The molecule has 2 amide bonds. The molecule has 0 radical (unpaired) electrons. The van der Waals surface area contributed by atoms with Crippen molar-refractivity contribution in [3.8, 4) is 0 Å². The number of oxazole rings is 1. The third kappa shape index (κ3) is 2.07. The number of carbonyl (C=O) groups excluding carboxylic acids is 2. The van der Waals surface area contributed by atoms with Crippen LogP contribution in [0.4, 0.5) is 5.69 Å². The van der Waals surface area contributed by atoms with Crippen molar-refractivity contribution >= 4 is 28.6 Å². The third-order valence-electron chi connectivity index (χ3n) is 3.37. The number of rotatable bonds is 2. The second-order valence-electron chi connectivity index (χ2n) is 4.76. The average Bonchev–Trinajstić information content (AvgIpc) is 2.95. The number of nitrogens with one attached hydrogen (secondary N) is 2. The van der Waals surface area contributed by atoms with Crippen LogP contribution in [0.2, 0.25) is 0 Å². The van der Waals surface area contributed by atoms with Gasteiger partial charge in [-0.3, -0.25) is 14.2 Å². The van der Waals surface area contributed by atoms with Gasteiger partial charge in [0.05, 0.1) is 5.52 Å².